The molecule has 1 atom stereocenters. The quantitative estimate of drug-likeness (QED) is 0.525. The highest BCUT2D eigenvalue weighted by atomic mass is 35.5. The summed E-state index contributed by atoms with van der Waals surface area (Å²) in [4.78, 5) is 22.4. The number of hydrogen-bond acceptors (Lipinski definition) is 3. The van der Waals surface area contributed by atoms with Crippen LogP contribution >= 0.6 is 11.6 Å². The second kappa shape index (κ2) is 5.57. The zero-order valence-corrected chi connectivity index (χ0v) is 12.1. The zero-order chi connectivity index (χ0) is 14.8. The Bertz CT molecular complexity index is 513. The first-order chi connectivity index (χ1) is 8.65. The number of nitrogens with zero attached hydrogens (tertiary/aromatic N) is 1. The van der Waals surface area contributed by atoms with Gasteiger partial charge in [-0.3, -0.25) is 14.9 Å². The maximum atomic E-state index is 12.1. The number of halogens is 1. The fourth-order valence-corrected chi connectivity index (χ4v) is 1.47. The molecule has 1 rings (SSSR count). The van der Waals surface area contributed by atoms with Gasteiger partial charge in [0.05, 0.1) is 15.8 Å². The Balaban J connectivity index is 3.02. The molecule has 19 heavy (non-hydrogen) atoms. The smallest absolute Gasteiger partial charge is 0.273 e. The third-order valence-corrected chi connectivity index (χ3v) is 3.64. The molecule has 104 valence electrons. The van der Waals surface area contributed by atoms with Gasteiger partial charge in [-0.1, -0.05) is 6.07 Å². The predicted molar refractivity (Wildman–Crippen MR) is 74.7 cm³/mol. The van der Waals surface area contributed by atoms with Gasteiger partial charge in [-0.2, -0.15) is 0 Å². The van der Waals surface area contributed by atoms with Gasteiger partial charge in [-0.25, -0.2) is 0 Å². The number of rotatable bonds is 4. The van der Waals surface area contributed by atoms with Gasteiger partial charge in [-0.05, 0) is 33.8 Å². The third-order valence-electron chi connectivity index (χ3n) is 3.10. The Morgan fingerprint density at radius 1 is 1.47 bits per heavy atom. The lowest BCUT2D eigenvalue weighted by atomic mass is 10.0. The minimum Gasteiger partial charge on any atom is -0.346 e. The summed E-state index contributed by atoms with van der Waals surface area (Å²) in [5, 5.41) is 13.3. The van der Waals surface area contributed by atoms with Crippen molar-refractivity contribution in [1.29, 1.82) is 0 Å². The van der Waals surface area contributed by atoms with E-state index in [1.807, 2.05) is 0 Å². The van der Waals surface area contributed by atoms with Crippen LogP contribution in [0.4, 0.5) is 5.69 Å². The van der Waals surface area contributed by atoms with Gasteiger partial charge in [-0.15, -0.1) is 11.6 Å². The molecule has 1 unspecified atom stereocenters. The van der Waals surface area contributed by atoms with Crippen molar-refractivity contribution in [3.63, 3.8) is 0 Å². The molecule has 0 aromatic heterocycles. The van der Waals surface area contributed by atoms with E-state index in [1.165, 1.54) is 6.07 Å². The Morgan fingerprint density at radius 3 is 2.53 bits per heavy atom. The molecule has 1 aromatic carbocycles. The normalized spacial score (nSPS) is 12.9. The molecule has 0 saturated heterocycles. The molecular formula is C13H17ClN2O3. The molecule has 1 N–H and O–H groups in total. The van der Waals surface area contributed by atoms with E-state index >= 15 is 0 Å². The molecule has 0 fully saturated rings. The van der Waals surface area contributed by atoms with E-state index in [4.69, 9.17) is 11.6 Å². The fourth-order valence-electron chi connectivity index (χ4n) is 1.41. The first-order valence-corrected chi connectivity index (χ1v) is 6.30. The van der Waals surface area contributed by atoms with E-state index in [9.17, 15) is 14.9 Å². The predicted octanol–water partition coefficient (Wildman–Crippen LogP) is 3.04. The van der Waals surface area contributed by atoms with E-state index in [0.29, 0.717) is 5.56 Å². The van der Waals surface area contributed by atoms with Gasteiger partial charge in [0.1, 0.15) is 0 Å². The fraction of sp³-hybridized carbons (Fsp3) is 0.462. The van der Waals surface area contributed by atoms with Crippen molar-refractivity contribution in [3.8, 4) is 0 Å². The van der Waals surface area contributed by atoms with Gasteiger partial charge in [0.15, 0.2) is 0 Å². The molecular weight excluding hydrogens is 268 g/mol. The van der Waals surface area contributed by atoms with Gasteiger partial charge in [0.25, 0.3) is 11.6 Å². The second-order valence-electron chi connectivity index (χ2n) is 5.05. The number of carbonyl (C=O) groups excluding carboxylic acids is 1. The maximum absolute atomic E-state index is 12.1. The summed E-state index contributed by atoms with van der Waals surface area (Å²) in [6, 6.07) is 4.40. The summed E-state index contributed by atoms with van der Waals surface area (Å²) in [5.41, 5.74) is 0.108. The van der Waals surface area contributed by atoms with Crippen LogP contribution in [0.15, 0.2) is 18.2 Å². The first-order valence-electron chi connectivity index (χ1n) is 5.87. The molecule has 0 saturated carbocycles. The Kier molecular flexibility index (Phi) is 4.52. The monoisotopic (exact) mass is 284 g/mol. The largest absolute Gasteiger partial charge is 0.346 e. The van der Waals surface area contributed by atoms with E-state index in [1.54, 1.807) is 39.8 Å². The number of amides is 1. The number of benzene rings is 1. The minimum absolute atomic E-state index is 0.0654. The van der Waals surface area contributed by atoms with Crippen molar-refractivity contribution in [2.75, 3.05) is 0 Å². The SMILES string of the molecule is Cc1ccc(C(=O)NC(C)(C)C(C)Cl)cc1[N+](=O)[O-]. The average molecular weight is 285 g/mol. The van der Waals surface area contributed by atoms with E-state index in [0.717, 1.165) is 0 Å². The van der Waals surface area contributed by atoms with Crippen LogP contribution in [0, 0.1) is 17.0 Å². The van der Waals surface area contributed by atoms with Crippen molar-refractivity contribution in [1.82, 2.24) is 5.32 Å². The molecule has 5 nitrogen and oxygen atoms in total. The Labute approximate surface area is 117 Å². The van der Waals surface area contributed by atoms with Crippen LogP contribution in [0.2, 0.25) is 0 Å². The molecule has 1 aromatic rings. The summed E-state index contributed by atoms with van der Waals surface area (Å²) < 4.78 is 0. The lowest BCUT2D eigenvalue weighted by molar-refractivity contribution is -0.385. The van der Waals surface area contributed by atoms with Gasteiger partial charge in [0, 0.05) is 17.2 Å². The molecule has 0 radical (unpaired) electrons. The van der Waals surface area contributed by atoms with Crippen molar-refractivity contribution < 1.29 is 9.72 Å². The van der Waals surface area contributed by atoms with Gasteiger partial charge < -0.3 is 5.32 Å². The van der Waals surface area contributed by atoms with Crippen LogP contribution in [0.5, 0.6) is 0 Å². The summed E-state index contributed by atoms with van der Waals surface area (Å²) in [6.45, 7) is 7.00. The summed E-state index contributed by atoms with van der Waals surface area (Å²) in [5.74, 6) is -0.374. The van der Waals surface area contributed by atoms with Crippen molar-refractivity contribution in [2.45, 2.75) is 38.6 Å². The van der Waals surface area contributed by atoms with Crippen molar-refractivity contribution in [2.24, 2.45) is 0 Å². The van der Waals surface area contributed by atoms with Crippen molar-refractivity contribution >= 4 is 23.2 Å². The number of nitrogens with one attached hydrogen (secondary N) is 1. The molecule has 1 amide bonds. The summed E-state index contributed by atoms with van der Waals surface area (Å²) >= 11 is 5.98. The molecule has 0 aliphatic heterocycles. The summed E-state index contributed by atoms with van der Waals surface area (Å²) in [7, 11) is 0. The number of nitro groups is 1. The van der Waals surface area contributed by atoms with Crippen molar-refractivity contribution in [3.05, 3.63) is 39.4 Å². The Hall–Kier alpha value is -1.62. The lowest BCUT2D eigenvalue weighted by Gasteiger charge is -2.28. The number of alkyl halides is 1. The van der Waals surface area contributed by atoms with E-state index in [-0.39, 0.29) is 22.5 Å². The van der Waals surface area contributed by atoms with Crippen LogP contribution in [-0.4, -0.2) is 21.7 Å². The third kappa shape index (κ3) is 3.67. The number of hydrogen-bond donors (Lipinski definition) is 1. The maximum Gasteiger partial charge on any atom is 0.273 e. The minimum atomic E-state index is -0.599. The van der Waals surface area contributed by atoms with Gasteiger partial charge in [0.2, 0.25) is 0 Å². The lowest BCUT2D eigenvalue weighted by Crippen LogP contribution is -2.49. The number of nitro benzene ring substituents is 1. The highest BCUT2D eigenvalue weighted by Crippen LogP contribution is 2.21. The molecule has 6 heteroatoms. The van der Waals surface area contributed by atoms with E-state index in [2.05, 4.69) is 5.32 Å². The first kappa shape index (κ1) is 15.4. The molecule has 0 spiro atoms. The Morgan fingerprint density at radius 2 is 2.05 bits per heavy atom. The van der Waals surface area contributed by atoms with Crippen LogP contribution < -0.4 is 5.32 Å². The molecule has 0 heterocycles. The standard InChI is InChI=1S/C13H17ClN2O3/c1-8-5-6-10(7-11(8)16(18)19)12(17)15-13(3,4)9(2)14/h5-7,9H,1-4H3,(H,15,17). The van der Waals surface area contributed by atoms with Crippen LogP contribution in [0.1, 0.15) is 36.7 Å². The highest BCUT2D eigenvalue weighted by molar-refractivity contribution is 6.21. The number of aryl methyl sites for hydroxylation is 1. The average Bonchev–Trinajstić information content (AvgIpc) is 2.28. The molecule has 0 bridgehead atoms. The zero-order valence-electron chi connectivity index (χ0n) is 11.4. The molecule has 0 aliphatic rings. The summed E-state index contributed by atoms with van der Waals surface area (Å²) in [6.07, 6.45) is 0. The topological polar surface area (TPSA) is 72.2 Å². The molecule has 0 aliphatic carbocycles. The van der Waals surface area contributed by atoms with Crippen LogP contribution in [-0.2, 0) is 0 Å². The number of carbonyl (C=O) groups is 1. The highest BCUT2D eigenvalue weighted by Gasteiger charge is 2.27. The van der Waals surface area contributed by atoms with Crippen LogP contribution in [0.3, 0.4) is 0 Å². The second-order valence-corrected chi connectivity index (χ2v) is 5.70. The van der Waals surface area contributed by atoms with Crippen LogP contribution in [0.25, 0.3) is 0 Å². The van der Waals surface area contributed by atoms with E-state index < -0.39 is 10.5 Å². The van der Waals surface area contributed by atoms with Gasteiger partial charge >= 0.3 is 0 Å².